The van der Waals surface area contributed by atoms with Crippen molar-refractivity contribution in [3.63, 3.8) is 0 Å². The van der Waals surface area contributed by atoms with Crippen LogP contribution in [0, 0.1) is 40.4 Å². The summed E-state index contributed by atoms with van der Waals surface area (Å²) in [6, 6.07) is 0. The number of fused-ring (bicyclic) bond motifs is 5. The van der Waals surface area contributed by atoms with Crippen LogP contribution in [0.5, 0.6) is 0 Å². The van der Waals surface area contributed by atoms with Crippen LogP contribution in [0.4, 0.5) is 0 Å². The van der Waals surface area contributed by atoms with Gasteiger partial charge in [0.05, 0.1) is 11.7 Å². The molecule has 182 valence electrons. The van der Waals surface area contributed by atoms with Gasteiger partial charge in [-0.15, -0.1) is 0 Å². The smallest absolute Gasteiger partial charge is 0.0644 e. The van der Waals surface area contributed by atoms with Crippen LogP contribution in [0.3, 0.4) is 0 Å². The maximum Gasteiger partial charge on any atom is 0.0644 e. The third-order valence-corrected chi connectivity index (χ3v) is 10.8. The summed E-state index contributed by atoms with van der Waals surface area (Å²) in [5.74, 6) is 2.50. The van der Waals surface area contributed by atoms with Gasteiger partial charge in [0.25, 0.3) is 0 Å². The molecule has 0 aromatic heterocycles. The second-order valence-electron chi connectivity index (χ2n) is 13.0. The van der Waals surface area contributed by atoms with Gasteiger partial charge < -0.3 is 15.3 Å². The van der Waals surface area contributed by atoms with Crippen molar-refractivity contribution in [3.05, 3.63) is 22.8 Å². The molecule has 0 aromatic rings. The van der Waals surface area contributed by atoms with E-state index in [9.17, 15) is 15.3 Å². The van der Waals surface area contributed by atoms with Gasteiger partial charge in [0.15, 0.2) is 0 Å². The Bertz CT molecular complexity index is 774. The van der Waals surface area contributed by atoms with E-state index in [1.54, 1.807) is 11.1 Å². The Hall–Kier alpha value is -0.640. The Morgan fingerprint density at radius 1 is 1.12 bits per heavy atom. The van der Waals surface area contributed by atoms with Crippen molar-refractivity contribution in [1.29, 1.82) is 0 Å². The Balaban J connectivity index is 1.56. The zero-order valence-corrected chi connectivity index (χ0v) is 21.5. The zero-order valence-electron chi connectivity index (χ0n) is 21.5. The summed E-state index contributed by atoms with van der Waals surface area (Å²) in [5, 5.41) is 30.7. The van der Waals surface area contributed by atoms with Crippen LogP contribution in [0.25, 0.3) is 0 Å². The maximum absolute atomic E-state index is 10.5. The molecule has 0 aromatic carbocycles. The van der Waals surface area contributed by atoms with Crippen LogP contribution in [0.15, 0.2) is 22.8 Å². The molecule has 3 N–H and O–H groups in total. The number of allylic oxidation sites excluding steroid dienone is 3. The van der Waals surface area contributed by atoms with Crippen molar-refractivity contribution < 1.29 is 15.3 Å². The Morgan fingerprint density at radius 2 is 1.78 bits per heavy atom. The normalized spacial score (nSPS) is 43.0. The van der Waals surface area contributed by atoms with Crippen molar-refractivity contribution in [2.75, 3.05) is 6.61 Å². The highest BCUT2D eigenvalue weighted by Crippen LogP contribution is 2.66. The molecule has 0 radical (unpaired) electrons. The summed E-state index contributed by atoms with van der Waals surface area (Å²) in [7, 11) is 0. The van der Waals surface area contributed by atoms with E-state index in [4.69, 9.17) is 0 Å². The first-order valence-electron chi connectivity index (χ1n) is 13.3. The summed E-state index contributed by atoms with van der Waals surface area (Å²) in [4.78, 5) is 0. The van der Waals surface area contributed by atoms with E-state index in [-0.39, 0.29) is 24.5 Å². The predicted octanol–water partition coefficient (Wildman–Crippen LogP) is 6.03. The van der Waals surface area contributed by atoms with E-state index in [1.807, 2.05) is 13.8 Å². The molecule has 8 unspecified atom stereocenters. The van der Waals surface area contributed by atoms with E-state index in [0.717, 1.165) is 43.4 Å². The molecule has 4 aliphatic rings. The van der Waals surface area contributed by atoms with Gasteiger partial charge in [0, 0.05) is 12.5 Å². The minimum Gasteiger partial charge on any atom is -0.396 e. The van der Waals surface area contributed by atoms with Crippen LogP contribution in [0.2, 0.25) is 0 Å². The predicted molar refractivity (Wildman–Crippen MR) is 131 cm³/mol. The molecule has 4 aliphatic carbocycles. The molecule has 32 heavy (non-hydrogen) atoms. The molecule has 8 atom stereocenters. The van der Waals surface area contributed by atoms with Crippen molar-refractivity contribution in [2.45, 2.75) is 111 Å². The van der Waals surface area contributed by atoms with Crippen molar-refractivity contribution in [1.82, 2.24) is 0 Å². The number of aliphatic hydroxyl groups excluding tert-OH is 2. The van der Waals surface area contributed by atoms with Gasteiger partial charge in [-0.2, -0.15) is 0 Å². The Kier molecular flexibility index (Phi) is 6.53. The number of hydrogen-bond donors (Lipinski definition) is 3. The highest BCUT2D eigenvalue weighted by molar-refractivity contribution is 5.31. The first kappa shape index (κ1) is 24.5. The van der Waals surface area contributed by atoms with E-state index < -0.39 is 5.60 Å². The van der Waals surface area contributed by atoms with E-state index >= 15 is 0 Å². The SMILES string of the molecule is CC(CC(C)C(CO)C(C)(C)O)=C1CCC2C3CC=C4CC(O)CCC4(C)C3CCC12C. The fourth-order valence-corrected chi connectivity index (χ4v) is 9.00. The van der Waals surface area contributed by atoms with Gasteiger partial charge in [-0.3, -0.25) is 0 Å². The average Bonchev–Trinajstić information content (AvgIpc) is 3.05. The fourth-order valence-electron chi connectivity index (χ4n) is 9.00. The summed E-state index contributed by atoms with van der Waals surface area (Å²) in [5.41, 5.74) is 4.53. The third kappa shape index (κ3) is 3.95. The molecule has 3 nitrogen and oxygen atoms in total. The van der Waals surface area contributed by atoms with Crippen molar-refractivity contribution in [2.24, 2.45) is 40.4 Å². The van der Waals surface area contributed by atoms with Crippen molar-refractivity contribution >= 4 is 0 Å². The highest BCUT2D eigenvalue weighted by atomic mass is 16.3. The topological polar surface area (TPSA) is 60.7 Å². The maximum atomic E-state index is 10.5. The highest BCUT2D eigenvalue weighted by Gasteiger charge is 2.57. The largest absolute Gasteiger partial charge is 0.396 e. The lowest BCUT2D eigenvalue weighted by molar-refractivity contribution is -0.0332. The number of hydrogen-bond acceptors (Lipinski definition) is 3. The number of aliphatic hydroxyl groups is 3. The van der Waals surface area contributed by atoms with Gasteiger partial charge in [0.2, 0.25) is 0 Å². The molecule has 0 bridgehead atoms. The van der Waals surface area contributed by atoms with Gasteiger partial charge in [0.1, 0.15) is 0 Å². The van der Waals surface area contributed by atoms with E-state index in [0.29, 0.717) is 10.8 Å². The first-order chi connectivity index (χ1) is 14.9. The standard InChI is InChI=1S/C29H48O3/c1-18(15-19(2)26(17-30)27(3,4)32)23-9-10-24-22-8-7-20-16-21(31)11-13-28(20,5)25(22)12-14-29(23,24)6/h7,19,21-22,24-26,30-32H,8-17H2,1-6H3. The lowest BCUT2D eigenvalue weighted by Gasteiger charge is -2.57. The van der Waals surface area contributed by atoms with Crippen LogP contribution >= 0.6 is 0 Å². The number of rotatable bonds is 5. The molecule has 3 fully saturated rings. The summed E-state index contributed by atoms with van der Waals surface area (Å²) in [6.45, 7) is 13.3. The second-order valence-corrected chi connectivity index (χ2v) is 13.0. The molecule has 0 amide bonds. The Labute approximate surface area is 196 Å². The second kappa shape index (κ2) is 8.54. The molecule has 0 aliphatic heterocycles. The Morgan fingerprint density at radius 3 is 2.44 bits per heavy atom. The van der Waals surface area contributed by atoms with Gasteiger partial charge >= 0.3 is 0 Å². The molecule has 0 heterocycles. The van der Waals surface area contributed by atoms with E-state index in [2.05, 4.69) is 33.8 Å². The molecule has 0 saturated heterocycles. The molecule has 0 spiro atoms. The summed E-state index contributed by atoms with van der Waals surface area (Å²) in [6.07, 6.45) is 12.7. The molecular weight excluding hydrogens is 396 g/mol. The quantitative estimate of drug-likeness (QED) is 0.454. The fraction of sp³-hybridized carbons (Fsp3) is 0.862. The lowest BCUT2D eigenvalue weighted by atomic mass is 9.47. The molecule has 4 rings (SSSR count). The molecule has 3 saturated carbocycles. The van der Waals surface area contributed by atoms with Gasteiger partial charge in [-0.25, -0.2) is 0 Å². The van der Waals surface area contributed by atoms with Crippen molar-refractivity contribution in [3.8, 4) is 0 Å². The summed E-state index contributed by atoms with van der Waals surface area (Å²) >= 11 is 0. The molecular formula is C29H48O3. The first-order valence-corrected chi connectivity index (χ1v) is 13.3. The van der Waals surface area contributed by atoms with Gasteiger partial charge in [-0.1, -0.05) is 43.6 Å². The zero-order chi connectivity index (χ0) is 23.5. The van der Waals surface area contributed by atoms with Gasteiger partial charge in [-0.05, 0) is 113 Å². The molecule has 3 heteroatoms. The third-order valence-electron chi connectivity index (χ3n) is 10.8. The summed E-state index contributed by atoms with van der Waals surface area (Å²) < 4.78 is 0. The average molecular weight is 445 g/mol. The van der Waals surface area contributed by atoms with Crippen LogP contribution in [-0.2, 0) is 0 Å². The lowest BCUT2D eigenvalue weighted by Crippen LogP contribution is -2.49. The minimum atomic E-state index is -0.853. The minimum absolute atomic E-state index is 0.0406. The van der Waals surface area contributed by atoms with Crippen LogP contribution < -0.4 is 0 Å². The monoisotopic (exact) mass is 444 g/mol. The van der Waals surface area contributed by atoms with Crippen LogP contribution in [0.1, 0.15) is 99.3 Å². The van der Waals surface area contributed by atoms with E-state index in [1.165, 1.54) is 37.7 Å². The van der Waals surface area contributed by atoms with Crippen LogP contribution in [-0.4, -0.2) is 33.6 Å².